The van der Waals surface area contributed by atoms with E-state index in [-0.39, 0.29) is 18.1 Å². The molecule has 1 aromatic carbocycles. The zero-order valence-corrected chi connectivity index (χ0v) is 19.7. The molecule has 2 aromatic heterocycles. The maximum absolute atomic E-state index is 13.3. The first-order valence-electron chi connectivity index (χ1n) is 10.3. The molecule has 3 heterocycles. The van der Waals surface area contributed by atoms with Gasteiger partial charge in [-0.1, -0.05) is 11.6 Å². The van der Waals surface area contributed by atoms with E-state index in [1.165, 1.54) is 17.8 Å². The van der Waals surface area contributed by atoms with E-state index in [1.54, 1.807) is 29.2 Å². The number of carbonyl (C=O) groups is 1. The van der Waals surface area contributed by atoms with Gasteiger partial charge in [-0.15, -0.1) is 10.2 Å². The molecule has 1 amide bonds. The summed E-state index contributed by atoms with van der Waals surface area (Å²) in [4.78, 5) is 19.6. The highest BCUT2D eigenvalue weighted by Crippen LogP contribution is 2.40. The number of fused-ring (bicyclic) bond motifs is 1. The van der Waals surface area contributed by atoms with E-state index in [0.29, 0.717) is 46.2 Å². The van der Waals surface area contributed by atoms with Crippen molar-refractivity contribution in [2.45, 2.75) is 37.8 Å². The van der Waals surface area contributed by atoms with E-state index in [1.807, 2.05) is 4.57 Å². The summed E-state index contributed by atoms with van der Waals surface area (Å²) in [6.07, 6.45) is 3.66. The summed E-state index contributed by atoms with van der Waals surface area (Å²) in [6, 6.07) is 6.15. The average molecular weight is 493 g/mol. The summed E-state index contributed by atoms with van der Waals surface area (Å²) < 4.78 is 30.2. The number of hydrogen-bond acceptors (Lipinski definition) is 8. The van der Waals surface area contributed by atoms with Gasteiger partial charge in [0.2, 0.25) is 0 Å². The van der Waals surface area contributed by atoms with Crippen molar-refractivity contribution < 1.29 is 13.2 Å². The van der Waals surface area contributed by atoms with Gasteiger partial charge in [-0.05, 0) is 55.1 Å². The molecule has 0 N–H and O–H groups in total. The second kappa shape index (κ2) is 8.20. The number of sulfone groups is 1. The number of aromatic nitrogens is 5. The second-order valence-corrected chi connectivity index (χ2v) is 11.7. The SMILES string of the molecule is CS(=O)(=O)CCC1c2nnc(-c3nc(C4CC4)ns3)n2CCN1C(=O)c1ccc(Cl)cc1. The first-order chi connectivity index (χ1) is 15.3. The molecule has 1 saturated carbocycles. The van der Waals surface area contributed by atoms with Crippen LogP contribution in [0.2, 0.25) is 5.02 Å². The van der Waals surface area contributed by atoms with Crippen LogP contribution in [0.4, 0.5) is 0 Å². The number of carbonyl (C=O) groups excluding carboxylic acids is 1. The Morgan fingerprint density at radius 1 is 1.19 bits per heavy atom. The number of amides is 1. The van der Waals surface area contributed by atoms with Crippen molar-refractivity contribution in [3.05, 3.63) is 46.5 Å². The Morgan fingerprint density at radius 3 is 2.62 bits per heavy atom. The van der Waals surface area contributed by atoms with Gasteiger partial charge in [0.15, 0.2) is 16.7 Å². The summed E-state index contributed by atoms with van der Waals surface area (Å²) in [5, 5.41) is 9.96. The Morgan fingerprint density at radius 2 is 1.94 bits per heavy atom. The molecule has 5 rings (SSSR count). The van der Waals surface area contributed by atoms with E-state index in [0.717, 1.165) is 18.7 Å². The molecular weight excluding hydrogens is 472 g/mol. The molecular formula is C20H21ClN6O3S2. The molecule has 12 heteroatoms. The van der Waals surface area contributed by atoms with Gasteiger partial charge < -0.3 is 9.47 Å². The van der Waals surface area contributed by atoms with Crippen LogP contribution >= 0.6 is 23.1 Å². The average Bonchev–Trinajstić information content (AvgIpc) is 3.33. The predicted octanol–water partition coefficient (Wildman–Crippen LogP) is 2.96. The third-order valence-electron chi connectivity index (χ3n) is 5.71. The number of halogens is 1. The fourth-order valence-corrected chi connectivity index (χ4v) is 5.40. The quantitative estimate of drug-likeness (QED) is 0.520. The van der Waals surface area contributed by atoms with E-state index < -0.39 is 15.9 Å². The summed E-state index contributed by atoms with van der Waals surface area (Å²) in [5.74, 6) is 2.23. The number of hydrogen-bond donors (Lipinski definition) is 0. The minimum Gasteiger partial charge on any atom is -0.327 e. The zero-order valence-electron chi connectivity index (χ0n) is 17.3. The number of benzene rings is 1. The van der Waals surface area contributed by atoms with Crippen molar-refractivity contribution >= 4 is 38.9 Å². The smallest absolute Gasteiger partial charge is 0.254 e. The summed E-state index contributed by atoms with van der Waals surface area (Å²) in [6.45, 7) is 0.896. The molecule has 1 aliphatic heterocycles. The Balaban J connectivity index is 1.48. The predicted molar refractivity (Wildman–Crippen MR) is 120 cm³/mol. The molecule has 0 bridgehead atoms. The molecule has 2 aliphatic rings. The van der Waals surface area contributed by atoms with Crippen molar-refractivity contribution in [3.63, 3.8) is 0 Å². The maximum Gasteiger partial charge on any atom is 0.254 e. The molecule has 3 aromatic rings. The third kappa shape index (κ3) is 4.28. The van der Waals surface area contributed by atoms with Crippen LogP contribution in [0.25, 0.3) is 10.8 Å². The van der Waals surface area contributed by atoms with Crippen LogP contribution in [0.5, 0.6) is 0 Å². The highest BCUT2D eigenvalue weighted by atomic mass is 35.5. The van der Waals surface area contributed by atoms with Crippen molar-refractivity contribution in [1.29, 1.82) is 0 Å². The van der Waals surface area contributed by atoms with Gasteiger partial charge in [-0.3, -0.25) is 4.79 Å². The molecule has 0 spiro atoms. The monoisotopic (exact) mass is 492 g/mol. The van der Waals surface area contributed by atoms with Gasteiger partial charge in [-0.2, -0.15) is 4.37 Å². The Bertz CT molecular complexity index is 1270. The van der Waals surface area contributed by atoms with Crippen LogP contribution in [-0.4, -0.2) is 61.9 Å². The standard InChI is InChI=1S/C20H21ClN6O3S2/c1-32(29,30)11-8-15-17-23-24-18(19-22-16(25-31-19)12-2-3-12)27(17)10-9-26(15)20(28)13-4-6-14(21)7-5-13/h4-7,12,15H,2-3,8-11H2,1H3. The van der Waals surface area contributed by atoms with Crippen LogP contribution in [-0.2, 0) is 16.4 Å². The fourth-order valence-electron chi connectivity index (χ4n) is 3.89. The normalized spacial score (nSPS) is 18.6. The van der Waals surface area contributed by atoms with E-state index in [9.17, 15) is 13.2 Å². The van der Waals surface area contributed by atoms with Crippen molar-refractivity contribution in [1.82, 2.24) is 29.0 Å². The van der Waals surface area contributed by atoms with Gasteiger partial charge in [0, 0.05) is 35.8 Å². The highest BCUT2D eigenvalue weighted by molar-refractivity contribution is 7.90. The van der Waals surface area contributed by atoms with Gasteiger partial charge >= 0.3 is 0 Å². The number of nitrogens with zero attached hydrogens (tertiary/aromatic N) is 6. The third-order valence-corrected chi connectivity index (χ3v) is 7.66. The topological polar surface area (TPSA) is 111 Å². The second-order valence-electron chi connectivity index (χ2n) is 8.21. The minimum absolute atomic E-state index is 0.0606. The minimum atomic E-state index is -3.22. The van der Waals surface area contributed by atoms with E-state index in [4.69, 9.17) is 11.6 Å². The number of rotatable bonds is 6. The molecule has 1 fully saturated rings. The van der Waals surface area contributed by atoms with Crippen molar-refractivity contribution in [2.24, 2.45) is 0 Å². The lowest BCUT2D eigenvalue weighted by atomic mass is 10.1. The van der Waals surface area contributed by atoms with Crippen molar-refractivity contribution in [2.75, 3.05) is 18.6 Å². The van der Waals surface area contributed by atoms with Gasteiger partial charge in [-0.25, -0.2) is 13.4 Å². The van der Waals surface area contributed by atoms with Crippen LogP contribution in [0.3, 0.4) is 0 Å². The lowest BCUT2D eigenvalue weighted by molar-refractivity contribution is 0.0612. The molecule has 32 heavy (non-hydrogen) atoms. The van der Waals surface area contributed by atoms with Crippen LogP contribution in [0.15, 0.2) is 24.3 Å². The summed E-state index contributed by atoms with van der Waals surface area (Å²) in [5.41, 5.74) is 0.491. The first-order valence-corrected chi connectivity index (χ1v) is 13.5. The van der Waals surface area contributed by atoms with Crippen molar-refractivity contribution in [3.8, 4) is 10.8 Å². The zero-order chi connectivity index (χ0) is 22.5. The lowest BCUT2D eigenvalue weighted by Gasteiger charge is -2.35. The van der Waals surface area contributed by atoms with Gasteiger partial charge in [0.1, 0.15) is 15.7 Å². The summed E-state index contributed by atoms with van der Waals surface area (Å²) >= 11 is 7.26. The molecule has 1 unspecified atom stereocenters. The fraction of sp³-hybridized carbons (Fsp3) is 0.450. The molecule has 1 atom stereocenters. The van der Waals surface area contributed by atoms with Gasteiger partial charge in [0.05, 0.1) is 11.8 Å². The Labute approximate surface area is 194 Å². The molecule has 0 radical (unpaired) electrons. The Kier molecular flexibility index (Phi) is 5.50. The van der Waals surface area contributed by atoms with E-state index in [2.05, 4.69) is 19.6 Å². The van der Waals surface area contributed by atoms with Gasteiger partial charge in [0.25, 0.3) is 5.91 Å². The lowest BCUT2D eigenvalue weighted by Crippen LogP contribution is -2.43. The van der Waals surface area contributed by atoms with Crippen LogP contribution < -0.4 is 0 Å². The molecule has 1 aliphatic carbocycles. The van der Waals surface area contributed by atoms with E-state index >= 15 is 0 Å². The Hall–Kier alpha value is -2.37. The van der Waals surface area contributed by atoms with Crippen LogP contribution in [0, 0.1) is 0 Å². The highest BCUT2D eigenvalue weighted by Gasteiger charge is 2.36. The first kappa shape index (κ1) is 21.5. The molecule has 0 saturated heterocycles. The molecule has 168 valence electrons. The maximum atomic E-state index is 13.3. The largest absolute Gasteiger partial charge is 0.327 e. The van der Waals surface area contributed by atoms with Crippen LogP contribution in [0.1, 0.15) is 53.2 Å². The summed E-state index contributed by atoms with van der Waals surface area (Å²) in [7, 11) is -3.22. The molecule has 9 nitrogen and oxygen atoms in total.